The zero-order valence-corrected chi connectivity index (χ0v) is 18.8. The molecule has 1 aliphatic heterocycles. The molecule has 1 aromatic heterocycles. The molecule has 158 valence electrons. The summed E-state index contributed by atoms with van der Waals surface area (Å²) in [6, 6.07) is 19.5. The third-order valence-corrected chi connectivity index (χ3v) is 6.40. The van der Waals surface area contributed by atoms with Gasteiger partial charge in [-0.2, -0.15) is 0 Å². The lowest BCUT2D eigenvalue weighted by atomic mass is 10.2. The third-order valence-electron chi connectivity index (χ3n) is 4.56. The highest BCUT2D eigenvalue weighted by Crippen LogP contribution is 2.34. The first-order valence-electron chi connectivity index (χ1n) is 9.77. The zero-order valence-electron chi connectivity index (χ0n) is 17.2. The fourth-order valence-corrected chi connectivity index (χ4v) is 4.59. The summed E-state index contributed by atoms with van der Waals surface area (Å²) in [5, 5.41) is 0.422. The van der Waals surface area contributed by atoms with Crippen LogP contribution in [0.1, 0.15) is 16.9 Å². The molecule has 1 aliphatic rings. The number of aryl methyl sites for hydroxylation is 2. The molecule has 3 aromatic rings. The van der Waals surface area contributed by atoms with Crippen LogP contribution < -0.4 is 4.74 Å². The summed E-state index contributed by atoms with van der Waals surface area (Å²) in [6.07, 6.45) is 1.62. The highest BCUT2D eigenvalue weighted by molar-refractivity contribution is 8.18. The second kappa shape index (κ2) is 9.49. The zero-order chi connectivity index (χ0) is 21.8. The summed E-state index contributed by atoms with van der Waals surface area (Å²) in [4.78, 5) is 27.6. The van der Waals surface area contributed by atoms with Gasteiger partial charge in [-0.15, -0.1) is 0 Å². The van der Waals surface area contributed by atoms with Gasteiger partial charge in [-0.05, 0) is 67.6 Å². The number of rotatable bonds is 7. The fraction of sp³-hybridized carbons (Fsp3) is 0.167. The van der Waals surface area contributed by atoms with Gasteiger partial charge in [-0.25, -0.2) is 0 Å². The van der Waals surface area contributed by atoms with E-state index in [1.54, 1.807) is 12.1 Å². The standard InChI is InChI=1S/C24H21NO4S2/c1-16-6-9-20(10-7-16)30-22-11-8-19(29-22)15-21-23(26)25(24(27)31-21)12-13-28-18-5-3-4-17(2)14-18/h3-11,14-15H,12-13H2,1-2H3/b21-15-. The highest BCUT2D eigenvalue weighted by atomic mass is 32.2. The minimum absolute atomic E-state index is 0.197. The van der Waals surface area contributed by atoms with E-state index in [-0.39, 0.29) is 24.3 Å². The second-order valence-electron chi connectivity index (χ2n) is 7.07. The Morgan fingerprint density at radius 3 is 2.61 bits per heavy atom. The number of carbonyl (C=O) groups excluding carboxylic acids is 2. The van der Waals surface area contributed by atoms with E-state index >= 15 is 0 Å². The smallest absolute Gasteiger partial charge is 0.293 e. The number of hydrogen-bond acceptors (Lipinski definition) is 6. The van der Waals surface area contributed by atoms with Crippen molar-refractivity contribution in [2.24, 2.45) is 0 Å². The Labute approximate surface area is 189 Å². The van der Waals surface area contributed by atoms with Gasteiger partial charge in [-0.1, -0.05) is 41.6 Å². The van der Waals surface area contributed by atoms with Crippen LogP contribution in [0.25, 0.3) is 6.08 Å². The van der Waals surface area contributed by atoms with Crippen LogP contribution in [-0.4, -0.2) is 29.2 Å². The number of ether oxygens (including phenoxy) is 1. The van der Waals surface area contributed by atoms with E-state index in [1.165, 1.54) is 22.2 Å². The summed E-state index contributed by atoms with van der Waals surface area (Å²) in [6.45, 7) is 4.46. The topological polar surface area (TPSA) is 59.8 Å². The van der Waals surface area contributed by atoms with E-state index in [2.05, 4.69) is 0 Å². The van der Waals surface area contributed by atoms with Crippen LogP contribution in [0.15, 0.2) is 80.0 Å². The van der Waals surface area contributed by atoms with Crippen LogP contribution in [0.4, 0.5) is 4.79 Å². The van der Waals surface area contributed by atoms with Gasteiger partial charge in [0.25, 0.3) is 11.1 Å². The normalized spacial score (nSPS) is 15.2. The molecule has 4 rings (SSSR count). The highest BCUT2D eigenvalue weighted by Gasteiger charge is 2.35. The Hall–Kier alpha value is -2.90. The van der Waals surface area contributed by atoms with Gasteiger partial charge >= 0.3 is 0 Å². The van der Waals surface area contributed by atoms with E-state index < -0.39 is 0 Å². The Morgan fingerprint density at radius 2 is 1.84 bits per heavy atom. The monoisotopic (exact) mass is 451 g/mol. The largest absolute Gasteiger partial charge is 0.492 e. The lowest BCUT2D eigenvalue weighted by Gasteiger charge is -2.13. The Bertz CT molecular complexity index is 1130. The molecule has 1 fully saturated rings. The maximum absolute atomic E-state index is 12.7. The molecule has 2 amide bonds. The summed E-state index contributed by atoms with van der Waals surface area (Å²) in [5.74, 6) is 0.930. The first kappa shape index (κ1) is 21.3. The first-order valence-corrected chi connectivity index (χ1v) is 11.4. The van der Waals surface area contributed by atoms with Crippen molar-refractivity contribution < 1.29 is 18.7 Å². The van der Waals surface area contributed by atoms with Crippen molar-refractivity contribution in [2.75, 3.05) is 13.2 Å². The van der Waals surface area contributed by atoms with E-state index in [9.17, 15) is 9.59 Å². The Kier molecular flexibility index (Phi) is 6.53. The molecule has 7 heteroatoms. The molecule has 0 spiro atoms. The van der Waals surface area contributed by atoms with Gasteiger partial charge in [0, 0.05) is 11.0 Å². The fourth-order valence-electron chi connectivity index (χ4n) is 2.97. The maximum Gasteiger partial charge on any atom is 0.293 e. The maximum atomic E-state index is 12.7. The Morgan fingerprint density at radius 1 is 1.03 bits per heavy atom. The van der Waals surface area contributed by atoms with Crippen LogP contribution in [0.5, 0.6) is 5.75 Å². The molecule has 0 saturated carbocycles. The molecular formula is C24H21NO4S2. The molecule has 2 aromatic carbocycles. The van der Waals surface area contributed by atoms with E-state index in [0.29, 0.717) is 10.7 Å². The lowest BCUT2D eigenvalue weighted by Crippen LogP contribution is -2.32. The summed E-state index contributed by atoms with van der Waals surface area (Å²) in [5.41, 5.74) is 2.29. The molecule has 0 bridgehead atoms. The summed E-state index contributed by atoms with van der Waals surface area (Å²) >= 11 is 2.42. The van der Waals surface area contributed by atoms with Crippen molar-refractivity contribution in [2.45, 2.75) is 23.8 Å². The number of imide groups is 1. The Balaban J connectivity index is 1.36. The molecule has 0 atom stereocenters. The number of furan rings is 1. The van der Waals surface area contributed by atoms with Crippen molar-refractivity contribution in [1.29, 1.82) is 0 Å². The first-order chi connectivity index (χ1) is 15.0. The average Bonchev–Trinajstić information content (AvgIpc) is 3.29. The minimum atomic E-state index is -0.327. The number of hydrogen-bond donors (Lipinski definition) is 0. The van der Waals surface area contributed by atoms with Crippen LogP contribution in [0.3, 0.4) is 0 Å². The van der Waals surface area contributed by atoms with Gasteiger partial charge in [0.2, 0.25) is 0 Å². The molecule has 2 heterocycles. The molecule has 1 saturated heterocycles. The molecule has 0 N–H and O–H groups in total. The van der Waals surface area contributed by atoms with Gasteiger partial charge in [-0.3, -0.25) is 14.5 Å². The lowest BCUT2D eigenvalue weighted by molar-refractivity contribution is -0.123. The van der Waals surface area contributed by atoms with Gasteiger partial charge < -0.3 is 9.15 Å². The van der Waals surface area contributed by atoms with Crippen LogP contribution >= 0.6 is 23.5 Å². The number of amides is 2. The summed E-state index contributed by atoms with van der Waals surface area (Å²) < 4.78 is 11.5. The molecule has 0 aliphatic carbocycles. The van der Waals surface area contributed by atoms with E-state index in [0.717, 1.165) is 33.1 Å². The van der Waals surface area contributed by atoms with Gasteiger partial charge in [0.15, 0.2) is 5.09 Å². The number of nitrogens with zero attached hydrogens (tertiary/aromatic N) is 1. The van der Waals surface area contributed by atoms with Gasteiger partial charge in [0.1, 0.15) is 18.1 Å². The van der Waals surface area contributed by atoms with Crippen molar-refractivity contribution in [3.8, 4) is 5.75 Å². The predicted molar refractivity (Wildman–Crippen MR) is 123 cm³/mol. The molecule has 0 unspecified atom stereocenters. The number of carbonyl (C=O) groups is 2. The minimum Gasteiger partial charge on any atom is -0.492 e. The SMILES string of the molecule is Cc1ccc(Sc2ccc(/C=C3\SC(=O)N(CCOc4cccc(C)c4)C3=O)o2)cc1. The van der Waals surface area contributed by atoms with Crippen molar-refractivity contribution in [3.63, 3.8) is 0 Å². The molecule has 5 nitrogen and oxygen atoms in total. The molecule has 31 heavy (non-hydrogen) atoms. The van der Waals surface area contributed by atoms with Crippen molar-refractivity contribution in [1.82, 2.24) is 4.90 Å². The quantitative estimate of drug-likeness (QED) is 0.401. The second-order valence-corrected chi connectivity index (χ2v) is 9.14. The van der Waals surface area contributed by atoms with Crippen LogP contribution in [-0.2, 0) is 4.79 Å². The predicted octanol–water partition coefficient (Wildman–Crippen LogP) is 6.16. The van der Waals surface area contributed by atoms with Gasteiger partial charge in [0.05, 0.1) is 11.4 Å². The van der Waals surface area contributed by atoms with E-state index in [4.69, 9.17) is 9.15 Å². The number of thioether (sulfide) groups is 1. The van der Waals surface area contributed by atoms with Crippen LogP contribution in [0.2, 0.25) is 0 Å². The van der Waals surface area contributed by atoms with Crippen LogP contribution in [0, 0.1) is 13.8 Å². The average molecular weight is 452 g/mol. The molecular weight excluding hydrogens is 430 g/mol. The number of benzene rings is 2. The third kappa shape index (κ3) is 5.42. The summed E-state index contributed by atoms with van der Waals surface area (Å²) in [7, 11) is 0. The molecule has 0 radical (unpaired) electrons. The van der Waals surface area contributed by atoms with Crippen molar-refractivity contribution in [3.05, 3.63) is 82.5 Å². The van der Waals surface area contributed by atoms with E-state index in [1.807, 2.05) is 68.4 Å². The van der Waals surface area contributed by atoms with Crippen molar-refractivity contribution >= 4 is 40.7 Å².